The molecule has 0 bridgehead atoms. The van der Waals surface area contributed by atoms with Gasteiger partial charge in [-0.3, -0.25) is 9.78 Å². The first kappa shape index (κ1) is 12.1. The van der Waals surface area contributed by atoms with Crippen molar-refractivity contribution in [3.63, 3.8) is 0 Å². The van der Waals surface area contributed by atoms with Gasteiger partial charge in [-0.15, -0.1) is 0 Å². The molecular formula is C13H21N3O. The largest absolute Gasteiger partial charge is 0.343 e. The molecule has 4 heteroatoms. The SMILES string of the molecule is CCN(CC)c1nc2c(c(=O)[nH]1)CCCCC2. The van der Waals surface area contributed by atoms with Gasteiger partial charge in [0.1, 0.15) is 0 Å². The quantitative estimate of drug-likeness (QED) is 0.814. The van der Waals surface area contributed by atoms with E-state index in [1.165, 1.54) is 6.42 Å². The average molecular weight is 235 g/mol. The van der Waals surface area contributed by atoms with Gasteiger partial charge in [-0.25, -0.2) is 4.98 Å². The summed E-state index contributed by atoms with van der Waals surface area (Å²) >= 11 is 0. The number of hydrogen-bond donors (Lipinski definition) is 1. The first-order valence-corrected chi connectivity index (χ1v) is 6.63. The van der Waals surface area contributed by atoms with Crippen molar-refractivity contribution in [1.29, 1.82) is 0 Å². The summed E-state index contributed by atoms with van der Waals surface area (Å²) < 4.78 is 0. The van der Waals surface area contributed by atoms with Crippen LogP contribution < -0.4 is 10.5 Å². The molecule has 0 spiro atoms. The summed E-state index contributed by atoms with van der Waals surface area (Å²) in [7, 11) is 0. The second-order valence-electron chi connectivity index (χ2n) is 4.55. The van der Waals surface area contributed by atoms with Gasteiger partial charge < -0.3 is 4.90 Å². The molecule has 0 saturated heterocycles. The molecule has 0 aromatic carbocycles. The van der Waals surface area contributed by atoms with Gasteiger partial charge in [-0.05, 0) is 39.5 Å². The van der Waals surface area contributed by atoms with E-state index in [0.29, 0.717) is 0 Å². The molecule has 0 fully saturated rings. The number of H-pyrrole nitrogens is 1. The van der Waals surface area contributed by atoms with Gasteiger partial charge in [-0.2, -0.15) is 0 Å². The maximum absolute atomic E-state index is 12.1. The lowest BCUT2D eigenvalue weighted by Crippen LogP contribution is -2.29. The van der Waals surface area contributed by atoms with Crippen LogP contribution in [0.3, 0.4) is 0 Å². The van der Waals surface area contributed by atoms with Crippen LogP contribution in [0.15, 0.2) is 4.79 Å². The maximum atomic E-state index is 12.1. The number of aryl methyl sites for hydroxylation is 1. The fourth-order valence-corrected chi connectivity index (χ4v) is 2.44. The van der Waals surface area contributed by atoms with E-state index in [-0.39, 0.29) is 5.56 Å². The number of hydrogen-bond acceptors (Lipinski definition) is 3. The lowest BCUT2D eigenvalue weighted by Gasteiger charge is -2.20. The zero-order chi connectivity index (χ0) is 12.3. The fourth-order valence-electron chi connectivity index (χ4n) is 2.44. The van der Waals surface area contributed by atoms with Gasteiger partial charge in [0.05, 0.1) is 5.69 Å². The topological polar surface area (TPSA) is 49.0 Å². The van der Waals surface area contributed by atoms with E-state index in [4.69, 9.17) is 0 Å². The number of rotatable bonds is 3. The summed E-state index contributed by atoms with van der Waals surface area (Å²) in [5, 5.41) is 0. The van der Waals surface area contributed by atoms with Crippen molar-refractivity contribution in [2.45, 2.75) is 46.0 Å². The van der Waals surface area contributed by atoms with Crippen LogP contribution in [-0.2, 0) is 12.8 Å². The lowest BCUT2D eigenvalue weighted by atomic mass is 10.1. The summed E-state index contributed by atoms with van der Waals surface area (Å²) in [4.78, 5) is 21.7. The van der Waals surface area contributed by atoms with Crippen LogP contribution in [0, 0.1) is 0 Å². The third-order valence-electron chi connectivity index (χ3n) is 3.49. The molecule has 4 nitrogen and oxygen atoms in total. The van der Waals surface area contributed by atoms with Crippen molar-refractivity contribution >= 4 is 5.95 Å². The van der Waals surface area contributed by atoms with E-state index in [0.717, 1.165) is 56.0 Å². The molecule has 1 aliphatic carbocycles. The van der Waals surface area contributed by atoms with Gasteiger partial charge in [-0.1, -0.05) is 6.42 Å². The first-order chi connectivity index (χ1) is 8.26. The van der Waals surface area contributed by atoms with Gasteiger partial charge in [0, 0.05) is 18.7 Å². The van der Waals surface area contributed by atoms with Gasteiger partial charge in [0.25, 0.3) is 5.56 Å². The number of nitrogens with one attached hydrogen (secondary N) is 1. The minimum absolute atomic E-state index is 0.0683. The number of aromatic nitrogens is 2. The molecule has 0 amide bonds. The van der Waals surface area contributed by atoms with E-state index < -0.39 is 0 Å². The summed E-state index contributed by atoms with van der Waals surface area (Å²) in [6, 6.07) is 0. The molecule has 0 unspecified atom stereocenters. The Hall–Kier alpha value is -1.32. The minimum atomic E-state index is 0.0683. The first-order valence-electron chi connectivity index (χ1n) is 6.63. The Morgan fingerprint density at radius 1 is 1.18 bits per heavy atom. The normalized spacial score (nSPS) is 15.2. The highest BCUT2D eigenvalue weighted by atomic mass is 16.1. The van der Waals surface area contributed by atoms with Crippen molar-refractivity contribution in [2.75, 3.05) is 18.0 Å². The van der Waals surface area contributed by atoms with Crippen LogP contribution in [0.5, 0.6) is 0 Å². The predicted octanol–water partition coefficient (Wildman–Crippen LogP) is 1.88. The molecule has 2 rings (SSSR count). The van der Waals surface area contributed by atoms with E-state index in [1.807, 2.05) is 0 Å². The molecule has 1 N–H and O–H groups in total. The van der Waals surface area contributed by atoms with Gasteiger partial charge >= 0.3 is 0 Å². The third kappa shape index (κ3) is 2.51. The maximum Gasteiger partial charge on any atom is 0.255 e. The molecule has 1 aromatic rings. The molecule has 0 saturated carbocycles. The highest BCUT2D eigenvalue weighted by Gasteiger charge is 2.15. The van der Waals surface area contributed by atoms with Crippen LogP contribution in [-0.4, -0.2) is 23.1 Å². The Balaban J connectivity index is 2.41. The van der Waals surface area contributed by atoms with Crippen molar-refractivity contribution in [3.05, 3.63) is 21.6 Å². The second-order valence-corrected chi connectivity index (χ2v) is 4.55. The monoisotopic (exact) mass is 235 g/mol. The van der Waals surface area contributed by atoms with Gasteiger partial charge in [0.2, 0.25) is 5.95 Å². The number of aromatic amines is 1. The van der Waals surface area contributed by atoms with Crippen LogP contribution in [0.4, 0.5) is 5.95 Å². The van der Waals surface area contributed by atoms with E-state index in [9.17, 15) is 4.79 Å². The summed E-state index contributed by atoms with van der Waals surface area (Å²) in [6.45, 7) is 5.90. The van der Waals surface area contributed by atoms with Crippen molar-refractivity contribution in [1.82, 2.24) is 9.97 Å². The Labute approximate surface area is 102 Å². The lowest BCUT2D eigenvalue weighted by molar-refractivity contribution is 0.708. The van der Waals surface area contributed by atoms with E-state index >= 15 is 0 Å². The Bertz CT molecular complexity index is 435. The minimum Gasteiger partial charge on any atom is -0.343 e. The third-order valence-corrected chi connectivity index (χ3v) is 3.49. The number of fused-ring (bicyclic) bond motifs is 1. The summed E-state index contributed by atoms with van der Waals surface area (Å²) in [5.41, 5.74) is 2.00. The molecule has 0 radical (unpaired) electrons. The van der Waals surface area contributed by atoms with E-state index in [2.05, 4.69) is 28.7 Å². The molecule has 0 aliphatic heterocycles. The van der Waals surface area contributed by atoms with Crippen molar-refractivity contribution in [2.24, 2.45) is 0 Å². The average Bonchev–Trinajstić information content (AvgIpc) is 2.56. The number of anilines is 1. The highest BCUT2D eigenvalue weighted by molar-refractivity contribution is 5.33. The van der Waals surface area contributed by atoms with Crippen LogP contribution in [0.1, 0.15) is 44.4 Å². The van der Waals surface area contributed by atoms with Gasteiger partial charge in [0.15, 0.2) is 0 Å². The Morgan fingerprint density at radius 3 is 2.59 bits per heavy atom. The standard InChI is InChI=1S/C13H21N3O/c1-3-16(4-2)13-14-11-9-7-5-6-8-10(11)12(17)15-13/h3-9H2,1-2H3,(H,14,15,17). The highest BCUT2D eigenvalue weighted by Crippen LogP contribution is 2.17. The van der Waals surface area contributed by atoms with E-state index in [1.54, 1.807) is 0 Å². The second kappa shape index (κ2) is 5.34. The van der Waals surface area contributed by atoms with Crippen LogP contribution in [0.25, 0.3) is 0 Å². The predicted molar refractivity (Wildman–Crippen MR) is 69.7 cm³/mol. The zero-order valence-electron chi connectivity index (χ0n) is 10.8. The Morgan fingerprint density at radius 2 is 1.88 bits per heavy atom. The molecule has 17 heavy (non-hydrogen) atoms. The molecular weight excluding hydrogens is 214 g/mol. The molecule has 0 atom stereocenters. The van der Waals surface area contributed by atoms with Crippen LogP contribution in [0.2, 0.25) is 0 Å². The van der Waals surface area contributed by atoms with Crippen molar-refractivity contribution in [3.8, 4) is 0 Å². The zero-order valence-corrected chi connectivity index (χ0v) is 10.8. The Kier molecular flexibility index (Phi) is 3.82. The van der Waals surface area contributed by atoms with Crippen molar-refractivity contribution < 1.29 is 0 Å². The van der Waals surface area contributed by atoms with Crippen LogP contribution >= 0.6 is 0 Å². The molecule has 1 aromatic heterocycles. The molecule has 94 valence electrons. The summed E-state index contributed by atoms with van der Waals surface area (Å²) in [6.07, 6.45) is 5.31. The number of nitrogens with zero attached hydrogens (tertiary/aromatic N) is 2. The smallest absolute Gasteiger partial charge is 0.255 e. The summed E-state index contributed by atoms with van der Waals surface area (Å²) in [5.74, 6) is 0.737. The fraction of sp³-hybridized carbons (Fsp3) is 0.692. The molecule has 1 aliphatic rings. The molecule has 1 heterocycles.